The fraction of sp³-hybridized carbons (Fsp3) is 0.769. The Labute approximate surface area is 117 Å². The van der Waals surface area contributed by atoms with Crippen LogP contribution in [0.1, 0.15) is 26.2 Å². The van der Waals surface area contributed by atoms with Crippen molar-refractivity contribution in [2.24, 2.45) is 5.92 Å². The fourth-order valence-corrected chi connectivity index (χ4v) is 2.83. The zero-order chi connectivity index (χ0) is 14.7. The minimum Gasteiger partial charge on any atom is -0.481 e. The minimum absolute atomic E-state index is 0.0325. The molecule has 1 heterocycles. The number of amides is 3. The molecule has 0 aromatic carbocycles. The van der Waals surface area contributed by atoms with Crippen molar-refractivity contribution in [3.05, 3.63) is 0 Å². The second-order valence-corrected chi connectivity index (χ2v) is 5.49. The molecular weight excluding hydrogens is 262 g/mol. The Morgan fingerprint density at radius 1 is 1.05 bits per heavy atom. The van der Waals surface area contributed by atoms with E-state index in [0.717, 1.165) is 6.42 Å². The van der Waals surface area contributed by atoms with Crippen molar-refractivity contribution >= 4 is 17.9 Å². The Bertz CT molecular complexity index is 404. The molecule has 2 unspecified atom stereocenters. The molecule has 0 radical (unpaired) electrons. The smallest absolute Gasteiger partial charge is 0.317 e. The average Bonchev–Trinajstić information content (AvgIpc) is 2.87. The van der Waals surface area contributed by atoms with E-state index in [1.165, 1.54) is 6.92 Å². The van der Waals surface area contributed by atoms with E-state index in [0.29, 0.717) is 39.0 Å². The van der Waals surface area contributed by atoms with Crippen LogP contribution < -0.4 is 5.32 Å². The summed E-state index contributed by atoms with van der Waals surface area (Å²) in [4.78, 5) is 37.6. The third kappa shape index (κ3) is 3.40. The Morgan fingerprint density at radius 2 is 1.65 bits per heavy atom. The number of carbonyl (C=O) groups is 3. The summed E-state index contributed by atoms with van der Waals surface area (Å²) in [7, 11) is 0. The van der Waals surface area contributed by atoms with Crippen LogP contribution in [0.5, 0.6) is 0 Å². The summed E-state index contributed by atoms with van der Waals surface area (Å²) in [5.74, 6) is -1.09. The lowest BCUT2D eigenvalue weighted by atomic mass is 10.1. The molecule has 1 saturated carbocycles. The lowest BCUT2D eigenvalue weighted by Crippen LogP contribution is -2.54. The molecule has 1 aliphatic carbocycles. The molecule has 20 heavy (non-hydrogen) atoms. The highest BCUT2D eigenvalue weighted by Gasteiger charge is 2.32. The van der Waals surface area contributed by atoms with Gasteiger partial charge in [0.25, 0.3) is 0 Å². The number of carbonyl (C=O) groups excluding carboxylic acids is 2. The van der Waals surface area contributed by atoms with Gasteiger partial charge in [0.1, 0.15) is 0 Å². The van der Waals surface area contributed by atoms with Gasteiger partial charge in [0.15, 0.2) is 0 Å². The first-order chi connectivity index (χ1) is 9.47. The molecule has 2 rings (SSSR count). The molecule has 2 aliphatic rings. The minimum atomic E-state index is -0.781. The van der Waals surface area contributed by atoms with E-state index in [-0.39, 0.29) is 23.9 Å². The summed E-state index contributed by atoms with van der Waals surface area (Å²) in [5.41, 5.74) is 0. The van der Waals surface area contributed by atoms with Gasteiger partial charge in [-0.15, -0.1) is 0 Å². The van der Waals surface area contributed by atoms with Gasteiger partial charge in [-0.3, -0.25) is 9.59 Å². The number of hydrogen-bond donors (Lipinski definition) is 2. The Balaban J connectivity index is 1.76. The maximum absolute atomic E-state index is 12.1. The SMILES string of the molecule is CC(=O)N1CCN(C(=O)NC2CCC(C(=O)O)C2)CC1. The quantitative estimate of drug-likeness (QED) is 0.753. The van der Waals surface area contributed by atoms with Crippen LogP contribution in [-0.2, 0) is 9.59 Å². The van der Waals surface area contributed by atoms with E-state index in [9.17, 15) is 14.4 Å². The van der Waals surface area contributed by atoms with Crippen molar-refractivity contribution in [2.45, 2.75) is 32.2 Å². The Kier molecular flexibility index (Phi) is 4.46. The number of nitrogens with one attached hydrogen (secondary N) is 1. The third-order valence-electron chi connectivity index (χ3n) is 4.12. The molecule has 2 N–H and O–H groups in total. The summed E-state index contributed by atoms with van der Waals surface area (Å²) in [6, 6.07) is -0.196. The van der Waals surface area contributed by atoms with Gasteiger partial charge < -0.3 is 20.2 Å². The number of hydrogen-bond acceptors (Lipinski definition) is 3. The van der Waals surface area contributed by atoms with Crippen LogP contribution in [0.15, 0.2) is 0 Å². The van der Waals surface area contributed by atoms with Gasteiger partial charge >= 0.3 is 12.0 Å². The van der Waals surface area contributed by atoms with Crippen molar-refractivity contribution in [2.75, 3.05) is 26.2 Å². The highest BCUT2D eigenvalue weighted by atomic mass is 16.4. The van der Waals surface area contributed by atoms with Crippen LogP contribution in [0.3, 0.4) is 0 Å². The van der Waals surface area contributed by atoms with Crippen LogP contribution in [0.4, 0.5) is 4.79 Å². The van der Waals surface area contributed by atoms with E-state index in [2.05, 4.69) is 5.32 Å². The maximum Gasteiger partial charge on any atom is 0.317 e. The molecular formula is C13H21N3O4. The van der Waals surface area contributed by atoms with Crippen LogP contribution in [0, 0.1) is 5.92 Å². The Hall–Kier alpha value is -1.79. The second kappa shape index (κ2) is 6.11. The van der Waals surface area contributed by atoms with Gasteiger partial charge in [0.2, 0.25) is 5.91 Å². The monoisotopic (exact) mass is 283 g/mol. The summed E-state index contributed by atoms with van der Waals surface area (Å²) >= 11 is 0. The molecule has 0 spiro atoms. The molecule has 0 bridgehead atoms. The van der Waals surface area contributed by atoms with Gasteiger partial charge in [-0.05, 0) is 19.3 Å². The van der Waals surface area contributed by atoms with Crippen molar-refractivity contribution in [3.8, 4) is 0 Å². The Morgan fingerprint density at radius 3 is 2.15 bits per heavy atom. The highest BCUT2D eigenvalue weighted by molar-refractivity contribution is 5.76. The molecule has 2 fully saturated rings. The third-order valence-corrected chi connectivity index (χ3v) is 4.12. The lowest BCUT2D eigenvalue weighted by Gasteiger charge is -2.34. The number of carboxylic acid groups (broad SMARTS) is 1. The van der Waals surface area contributed by atoms with Crippen molar-refractivity contribution < 1.29 is 19.5 Å². The molecule has 112 valence electrons. The molecule has 1 saturated heterocycles. The van der Waals surface area contributed by atoms with Crippen LogP contribution >= 0.6 is 0 Å². The normalized spacial score (nSPS) is 26.4. The first kappa shape index (κ1) is 14.6. The van der Waals surface area contributed by atoms with E-state index < -0.39 is 5.97 Å². The number of urea groups is 1. The van der Waals surface area contributed by atoms with Crippen LogP contribution in [0.25, 0.3) is 0 Å². The molecule has 0 aromatic heterocycles. The molecule has 1 aliphatic heterocycles. The van der Waals surface area contributed by atoms with Crippen LogP contribution in [0.2, 0.25) is 0 Å². The molecule has 0 aromatic rings. The fourth-order valence-electron chi connectivity index (χ4n) is 2.83. The topological polar surface area (TPSA) is 90.0 Å². The zero-order valence-corrected chi connectivity index (χ0v) is 11.7. The van der Waals surface area contributed by atoms with Gasteiger partial charge in [-0.25, -0.2) is 4.79 Å². The predicted molar refractivity (Wildman–Crippen MR) is 71.1 cm³/mol. The van der Waals surface area contributed by atoms with Gasteiger partial charge in [-0.2, -0.15) is 0 Å². The number of piperazine rings is 1. The zero-order valence-electron chi connectivity index (χ0n) is 11.7. The summed E-state index contributed by atoms with van der Waals surface area (Å²) in [5, 5.41) is 11.8. The molecule has 7 nitrogen and oxygen atoms in total. The van der Waals surface area contributed by atoms with E-state index in [1.54, 1.807) is 9.80 Å². The van der Waals surface area contributed by atoms with Crippen LogP contribution in [-0.4, -0.2) is 65.0 Å². The standard InChI is InChI=1S/C13H21N3O4/c1-9(17)15-4-6-16(7-5-15)13(20)14-11-3-2-10(8-11)12(18)19/h10-11H,2-8H2,1H3,(H,14,20)(H,18,19). The van der Waals surface area contributed by atoms with Crippen molar-refractivity contribution in [3.63, 3.8) is 0 Å². The van der Waals surface area contributed by atoms with Crippen molar-refractivity contribution in [1.29, 1.82) is 0 Å². The number of aliphatic carboxylic acids is 1. The largest absolute Gasteiger partial charge is 0.481 e. The van der Waals surface area contributed by atoms with E-state index in [1.807, 2.05) is 0 Å². The molecule has 3 amide bonds. The van der Waals surface area contributed by atoms with Gasteiger partial charge in [0, 0.05) is 39.1 Å². The van der Waals surface area contributed by atoms with Crippen molar-refractivity contribution in [1.82, 2.24) is 15.1 Å². The number of nitrogens with zero attached hydrogens (tertiary/aromatic N) is 2. The second-order valence-electron chi connectivity index (χ2n) is 5.49. The first-order valence-corrected chi connectivity index (χ1v) is 7.01. The highest BCUT2D eigenvalue weighted by Crippen LogP contribution is 2.25. The lowest BCUT2D eigenvalue weighted by molar-refractivity contribution is -0.141. The number of carboxylic acids is 1. The van der Waals surface area contributed by atoms with Gasteiger partial charge in [-0.1, -0.05) is 0 Å². The predicted octanol–water partition coefficient (Wildman–Crippen LogP) is 0.113. The van der Waals surface area contributed by atoms with Gasteiger partial charge in [0.05, 0.1) is 5.92 Å². The van der Waals surface area contributed by atoms with E-state index in [4.69, 9.17) is 5.11 Å². The first-order valence-electron chi connectivity index (χ1n) is 7.01. The summed E-state index contributed by atoms with van der Waals surface area (Å²) in [6.07, 6.45) is 1.85. The summed E-state index contributed by atoms with van der Waals surface area (Å²) in [6.45, 7) is 3.71. The molecule has 7 heteroatoms. The average molecular weight is 283 g/mol. The number of rotatable bonds is 2. The molecule has 2 atom stereocenters. The maximum atomic E-state index is 12.1. The summed E-state index contributed by atoms with van der Waals surface area (Å²) < 4.78 is 0. The van der Waals surface area contributed by atoms with E-state index >= 15 is 0 Å².